The summed E-state index contributed by atoms with van der Waals surface area (Å²) in [5.41, 5.74) is 2.40. The van der Waals surface area contributed by atoms with E-state index < -0.39 is 17.8 Å². The maximum absolute atomic E-state index is 13.5. The molecule has 0 aliphatic carbocycles. The third-order valence-electron chi connectivity index (χ3n) is 3.44. The SMILES string of the molecule is CC(C)=CCC/C(C)=C/COC(=O)CCC(=O)Oc1c(F)cccc1Cl. The molecule has 0 heterocycles. The van der Waals surface area contributed by atoms with Gasteiger partial charge in [0.25, 0.3) is 0 Å². The Labute approximate surface area is 158 Å². The number of ether oxygens (including phenoxy) is 2. The maximum atomic E-state index is 13.5. The number of esters is 2. The summed E-state index contributed by atoms with van der Waals surface area (Å²) >= 11 is 5.77. The van der Waals surface area contributed by atoms with Crippen LogP contribution in [-0.4, -0.2) is 18.5 Å². The van der Waals surface area contributed by atoms with Crippen LogP contribution in [0.15, 0.2) is 41.5 Å². The van der Waals surface area contributed by atoms with Crippen molar-refractivity contribution in [3.63, 3.8) is 0 Å². The molecule has 0 fully saturated rings. The summed E-state index contributed by atoms with van der Waals surface area (Å²) in [6.07, 6.45) is 5.48. The maximum Gasteiger partial charge on any atom is 0.311 e. The normalized spacial score (nSPS) is 11.0. The van der Waals surface area contributed by atoms with E-state index in [0.29, 0.717) is 0 Å². The summed E-state index contributed by atoms with van der Waals surface area (Å²) < 4.78 is 23.4. The first-order valence-electron chi connectivity index (χ1n) is 8.39. The lowest BCUT2D eigenvalue weighted by atomic mass is 10.1. The van der Waals surface area contributed by atoms with Gasteiger partial charge in [-0.05, 0) is 51.8 Å². The van der Waals surface area contributed by atoms with Crippen LogP contribution < -0.4 is 4.74 Å². The molecule has 0 unspecified atom stereocenters. The molecule has 0 aromatic heterocycles. The third-order valence-corrected chi connectivity index (χ3v) is 3.73. The van der Waals surface area contributed by atoms with E-state index in [9.17, 15) is 14.0 Å². The lowest BCUT2D eigenvalue weighted by Gasteiger charge is -2.07. The fraction of sp³-hybridized carbons (Fsp3) is 0.400. The Morgan fingerprint density at radius 3 is 2.42 bits per heavy atom. The standard InChI is InChI=1S/C20H24ClFO4/c1-14(2)6-4-7-15(3)12-13-25-18(23)10-11-19(24)26-20-16(21)8-5-9-17(20)22/h5-6,8-9,12H,4,7,10-11,13H2,1-3H3/b15-12+. The van der Waals surface area contributed by atoms with Crippen molar-refractivity contribution in [2.24, 2.45) is 0 Å². The number of hydrogen-bond acceptors (Lipinski definition) is 4. The number of allylic oxidation sites excluding steroid dienone is 3. The van der Waals surface area contributed by atoms with E-state index in [1.165, 1.54) is 17.7 Å². The number of para-hydroxylation sites is 1. The highest BCUT2D eigenvalue weighted by Gasteiger charge is 2.15. The fourth-order valence-corrected chi connectivity index (χ4v) is 2.19. The van der Waals surface area contributed by atoms with E-state index in [0.717, 1.165) is 24.5 Å². The van der Waals surface area contributed by atoms with Crippen molar-refractivity contribution >= 4 is 23.5 Å². The van der Waals surface area contributed by atoms with E-state index >= 15 is 0 Å². The Morgan fingerprint density at radius 2 is 1.77 bits per heavy atom. The summed E-state index contributed by atoms with van der Waals surface area (Å²) in [5.74, 6) is -2.33. The molecule has 1 rings (SSSR count). The number of halogens is 2. The minimum absolute atomic E-state index is 0.00495. The van der Waals surface area contributed by atoms with Crippen LogP contribution in [0.2, 0.25) is 5.02 Å². The van der Waals surface area contributed by atoms with Gasteiger partial charge in [0.1, 0.15) is 6.61 Å². The Kier molecular flexibility index (Phi) is 9.66. The van der Waals surface area contributed by atoms with Crippen LogP contribution in [0.3, 0.4) is 0 Å². The predicted molar refractivity (Wildman–Crippen MR) is 99.7 cm³/mol. The van der Waals surface area contributed by atoms with Gasteiger partial charge in [-0.1, -0.05) is 34.9 Å². The van der Waals surface area contributed by atoms with Gasteiger partial charge in [-0.3, -0.25) is 9.59 Å². The van der Waals surface area contributed by atoms with Crippen molar-refractivity contribution in [3.8, 4) is 5.75 Å². The molecule has 1 aromatic rings. The highest BCUT2D eigenvalue weighted by atomic mass is 35.5. The van der Waals surface area contributed by atoms with Crippen LogP contribution >= 0.6 is 11.6 Å². The second kappa shape index (κ2) is 11.5. The highest BCUT2D eigenvalue weighted by Crippen LogP contribution is 2.27. The van der Waals surface area contributed by atoms with Crippen molar-refractivity contribution in [2.45, 2.75) is 46.5 Å². The molecule has 0 saturated carbocycles. The Balaban J connectivity index is 2.31. The minimum atomic E-state index is -0.748. The Hall–Kier alpha value is -2.14. The second-order valence-electron chi connectivity index (χ2n) is 6.08. The molecular formula is C20H24ClFO4. The van der Waals surface area contributed by atoms with Crippen molar-refractivity contribution in [1.29, 1.82) is 0 Å². The molecule has 0 radical (unpaired) electrons. The lowest BCUT2D eigenvalue weighted by molar-refractivity contribution is -0.146. The van der Waals surface area contributed by atoms with Gasteiger partial charge >= 0.3 is 11.9 Å². The van der Waals surface area contributed by atoms with Gasteiger partial charge in [-0.2, -0.15) is 0 Å². The van der Waals surface area contributed by atoms with Crippen LogP contribution in [0.25, 0.3) is 0 Å². The summed E-state index contributed by atoms with van der Waals surface area (Å²) in [6.45, 7) is 6.23. The molecule has 6 heteroatoms. The number of benzene rings is 1. The number of hydrogen-bond donors (Lipinski definition) is 0. The third kappa shape index (κ3) is 8.81. The molecule has 0 amide bonds. The van der Waals surface area contributed by atoms with Gasteiger partial charge in [0.05, 0.1) is 17.9 Å². The molecule has 0 spiro atoms. The monoisotopic (exact) mass is 382 g/mol. The molecule has 1 aromatic carbocycles. The van der Waals surface area contributed by atoms with Gasteiger partial charge in [-0.25, -0.2) is 4.39 Å². The Morgan fingerprint density at radius 1 is 1.08 bits per heavy atom. The van der Waals surface area contributed by atoms with Crippen LogP contribution in [0.1, 0.15) is 46.5 Å². The first-order chi connectivity index (χ1) is 12.3. The van der Waals surface area contributed by atoms with Crippen LogP contribution in [0.5, 0.6) is 5.75 Å². The summed E-state index contributed by atoms with van der Waals surface area (Å²) in [5, 5.41) is -0.00495. The van der Waals surface area contributed by atoms with Gasteiger partial charge in [0.2, 0.25) is 0 Å². The van der Waals surface area contributed by atoms with E-state index in [1.54, 1.807) is 0 Å². The topological polar surface area (TPSA) is 52.6 Å². The van der Waals surface area contributed by atoms with E-state index in [-0.39, 0.29) is 30.2 Å². The first kappa shape index (κ1) is 21.9. The quantitative estimate of drug-likeness (QED) is 0.326. The van der Waals surface area contributed by atoms with E-state index in [1.807, 2.05) is 26.8 Å². The number of rotatable bonds is 9. The Bertz CT molecular complexity index is 671. The van der Waals surface area contributed by atoms with E-state index in [2.05, 4.69) is 6.08 Å². The van der Waals surface area contributed by atoms with E-state index in [4.69, 9.17) is 21.1 Å². The zero-order chi connectivity index (χ0) is 19.5. The zero-order valence-electron chi connectivity index (χ0n) is 15.3. The molecule has 4 nitrogen and oxygen atoms in total. The zero-order valence-corrected chi connectivity index (χ0v) is 16.1. The van der Waals surface area contributed by atoms with Crippen molar-refractivity contribution < 1.29 is 23.5 Å². The van der Waals surface area contributed by atoms with Crippen molar-refractivity contribution in [3.05, 3.63) is 52.3 Å². The van der Waals surface area contributed by atoms with Crippen LogP contribution in [0.4, 0.5) is 4.39 Å². The molecule has 0 bridgehead atoms. The molecule has 142 valence electrons. The predicted octanol–water partition coefficient (Wildman–Crippen LogP) is 5.40. The minimum Gasteiger partial charge on any atom is -0.461 e. The average molecular weight is 383 g/mol. The molecule has 0 aliphatic rings. The molecule has 26 heavy (non-hydrogen) atoms. The van der Waals surface area contributed by atoms with Gasteiger partial charge in [0.15, 0.2) is 11.6 Å². The van der Waals surface area contributed by atoms with Gasteiger partial charge < -0.3 is 9.47 Å². The number of carbonyl (C=O) groups excluding carboxylic acids is 2. The van der Waals surface area contributed by atoms with Gasteiger partial charge in [-0.15, -0.1) is 0 Å². The summed E-state index contributed by atoms with van der Waals surface area (Å²) in [4.78, 5) is 23.4. The summed E-state index contributed by atoms with van der Waals surface area (Å²) in [7, 11) is 0. The molecule has 0 aliphatic heterocycles. The molecule has 0 saturated heterocycles. The van der Waals surface area contributed by atoms with Crippen molar-refractivity contribution in [2.75, 3.05) is 6.61 Å². The summed E-state index contributed by atoms with van der Waals surface area (Å²) in [6, 6.07) is 3.95. The number of carbonyl (C=O) groups is 2. The largest absolute Gasteiger partial charge is 0.461 e. The average Bonchev–Trinajstić information content (AvgIpc) is 2.56. The highest BCUT2D eigenvalue weighted by molar-refractivity contribution is 6.32. The van der Waals surface area contributed by atoms with Gasteiger partial charge in [0, 0.05) is 0 Å². The lowest BCUT2D eigenvalue weighted by Crippen LogP contribution is -2.13. The molecular weight excluding hydrogens is 359 g/mol. The van der Waals surface area contributed by atoms with Crippen LogP contribution in [-0.2, 0) is 14.3 Å². The van der Waals surface area contributed by atoms with Crippen LogP contribution in [0, 0.1) is 5.82 Å². The second-order valence-corrected chi connectivity index (χ2v) is 6.49. The first-order valence-corrected chi connectivity index (χ1v) is 8.76. The fourth-order valence-electron chi connectivity index (χ4n) is 1.99. The molecule has 0 N–H and O–H groups in total. The van der Waals surface area contributed by atoms with Crippen molar-refractivity contribution in [1.82, 2.24) is 0 Å². The smallest absolute Gasteiger partial charge is 0.311 e. The molecule has 0 atom stereocenters.